The van der Waals surface area contributed by atoms with Gasteiger partial charge >= 0.3 is 0 Å². The average molecular weight is 392 g/mol. The molecule has 5 rings (SSSR count). The molecule has 1 amide bonds. The van der Waals surface area contributed by atoms with Crippen molar-refractivity contribution in [2.45, 2.75) is 69.7 Å². The van der Waals surface area contributed by atoms with E-state index in [1.54, 1.807) is 11.3 Å². The SMILES string of the molecule is O=C(CCCCc1cccs1)NNC(=S)NC12CC3CC(CC(C3)C1)C2. The van der Waals surface area contributed by atoms with Crippen molar-refractivity contribution in [3.63, 3.8) is 0 Å². The van der Waals surface area contributed by atoms with Crippen LogP contribution in [0.15, 0.2) is 17.5 Å². The molecule has 1 aromatic heterocycles. The zero-order valence-corrected chi connectivity index (χ0v) is 16.9. The summed E-state index contributed by atoms with van der Waals surface area (Å²) in [6, 6.07) is 4.23. The third-order valence-electron chi connectivity index (χ3n) is 6.39. The van der Waals surface area contributed by atoms with E-state index in [4.69, 9.17) is 12.2 Å². The number of rotatable bonds is 6. The number of amides is 1. The number of hydrazine groups is 1. The Kier molecular flexibility index (Phi) is 5.50. The molecule has 0 spiro atoms. The molecule has 4 aliphatic carbocycles. The van der Waals surface area contributed by atoms with Gasteiger partial charge in [-0.3, -0.25) is 15.6 Å². The van der Waals surface area contributed by atoms with Crippen LogP contribution in [0.2, 0.25) is 0 Å². The topological polar surface area (TPSA) is 53.2 Å². The van der Waals surface area contributed by atoms with Crippen LogP contribution < -0.4 is 16.2 Å². The second-order valence-corrected chi connectivity index (χ2v) is 10.1. The van der Waals surface area contributed by atoms with Crippen LogP contribution in [0.25, 0.3) is 0 Å². The predicted octanol–water partition coefficient (Wildman–Crippen LogP) is 3.93. The quantitative estimate of drug-likeness (QED) is 0.391. The molecule has 0 unspecified atom stereocenters. The van der Waals surface area contributed by atoms with Gasteiger partial charge in [0.15, 0.2) is 5.11 Å². The van der Waals surface area contributed by atoms with Crippen molar-refractivity contribution in [1.29, 1.82) is 0 Å². The number of nitrogens with one attached hydrogen (secondary N) is 3. The van der Waals surface area contributed by atoms with Crippen molar-refractivity contribution in [3.8, 4) is 0 Å². The number of thiophene rings is 1. The zero-order valence-electron chi connectivity index (χ0n) is 15.3. The number of carbonyl (C=O) groups excluding carboxylic acids is 1. The lowest BCUT2D eigenvalue weighted by molar-refractivity contribution is -0.121. The molecular formula is C20H29N3OS2. The van der Waals surface area contributed by atoms with Crippen LogP contribution in [0, 0.1) is 17.8 Å². The lowest BCUT2D eigenvalue weighted by atomic mass is 9.53. The van der Waals surface area contributed by atoms with Crippen molar-refractivity contribution in [1.82, 2.24) is 16.2 Å². The van der Waals surface area contributed by atoms with Gasteiger partial charge in [-0.15, -0.1) is 11.3 Å². The number of unbranched alkanes of at least 4 members (excludes halogenated alkanes) is 1. The lowest BCUT2D eigenvalue weighted by Gasteiger charge is -2.57. The molecule has 4 fully saturated rings. The van der Waals surface area contributed by atoms with Crippen LogP contribution in [0.3, 0.4) is 0 Å². The maximum atomic E-state index is 12.0. The van der Waals surface area contributed by atoms with Gasteiger partial charge in [-0.25, -0.2) is 0 Å². The van der Waals surface area contributed by atoms with E-state index in [9.17, 15) is 4.79 Å². The van der Waals surface area contributed by atoms with Gasteiger partial charge in [-0.2, -0.15) is 0 Å². The maximum Gasteiger partial charge on any atom is 0.238 e. The Morgan fingerprint density at radius 2 is 1.81 bits per heavy atom. The lowest BCUT2D eigenvalue weighted by Crippen LogP contribution is -2.62. The van der Waals surface area contributed by atoms with E-state index in [2.05, 4.69) is 33.7 Å². The second-order valence-electron chi connectivity index (χ2n) is 8.61. The Balaban J connectivity index is 1.14. The molecule has 142 valence electrons. The monoisotopic (exact) mass is 391 g/mol. The first-order valence-electron chi connectivity index (χ1n) is 10.00. The Labute approximate surface area is 165 Å². The summed E-state index contributed by atoms with van der Waals surface area (Å²) < 4.78 is 0. The minimum atomic E-state index is 0.0193. The fourth-order valence-corrected chi connectivity index (χ4v) is 6.78. The first-order chi connectivity index (χ1) is 12.6. The number of thiocarbonyl (C=S) groups is 1. The van der Waals surface area contributed by atoms with Crippen LogP contribution >= 0.6 is 23.6 Å². The number of hydrogen-bond donors (Lipinski definition) is 3. The van der Waals surface area contributed by atoms with Crippen molar-refractivity contribution < 1.29 is 4.79 Å². The highest BCUT2D eigenvalue weighted by Gasteiger charge is 2.51. The van der Waals surface area contributed by atoms with Gasteiger partial charge in [0.25, 0.3) is 0 Å². The van der Waals surface area contributed by atoms with Crippen LogP contribution in [0.4, 0.5) is 0 Å². The minimum Gasteiger partial charge on any atom is -0.356 e. The van der Waals surface area contributed by atoms with E-state index < -0.39 is 0 Å². The Bertz CT molecular complexity index is 608. The van der Waals surface area contributed by atoms with E-state index in [-0.39, 0.29) is 11.4 Å². The molecule has 3 N–H and O–H groups in total. The summed E-state index contributed by atoms with van der Waals surface area (Å²) in [6.07, 6.45) is 11.6. The van der Waals surface area contributed by atoms with E-state index in [1.807, 2.05) is 0 Å². The van der Waals surface area contributed by atoms with E-state index >= 15 is 0 Å². The van der Waals surface area contributed by atoms with Crippen molar-refractivity contribution in [2.75, 3.05) is 0 Å². The van der Waals surface area contributed by atoms with Gasteiger partial charge in [-0.1, -0.05) is 6.07 Å². The Hall–Kier alpha value is -1.14. The molecule has 4 saturated carbocycles. The number of aryl methyl sites for hydroxylation is 1. The van der Waals surface area contributed by atoms with Gasteiger partial charge < -0.3 is 5.32 Å². The highest BCUT2D eigenvalue weighted by atomic mass is 32.1. The smallest absolute Gasteiger partial charge is 0.238 e. The molecule has 0 aromatic carbocycles. The molecule has 4 bridgehead atoms. The van der Waals surface area contributed by atoms with Crippen LogP contribution in [0.5, 0.6) is 0 Å². The average Bonchev–Trinajstić information content (AvgIpc) is 3.08. The molecular weight excluding hydrogens is 362 g/mol. The van der Waals surface area contributed by atoms with E-state index in [0.29, 0.717) is 11.5 Å². The van der Waals surface area contributed by atoms with Crippen LogP contribution in [0.1, 0.15) is 62.7 Å². The van der Waals surface area contributed by atoms with Gasteiger partial charge in [0.05, 0.1) is 0 Å². The molecule has 4 nitrogen and oxygen atoms in total. The third kappa shape index (κ3) is 4.39. The molecule has 0 radical (unpaired) electrons. The fourth-order valence-electron chi connectivity index (χ4n) is 5.76. The van der Waals surface area contributed by atoms with E-state index in [0.717, 1.165) is 37.0 Å². The van der Waals surface area contributed by atoms with Crippen LogP contribution in [-0.2, 0) is 11.2 Å². The van der Waals surface area contributed by atoms with Gasteiger partial charge in [0.1, 0.15) is 0 Å². The highest BCUT2D eigenvalue weighted by Crippen LogP contribution is 2.55. The summed E-state index contributed by atoms with van der Waals surface area (Å²) in [5.41, 5.74) is 5.89. The molecule has 0 saturated heterocycles. The second kappa shape index (κ2) is 7.85. The fraction of sp³-hybridized carbons (Fsp3) is 0.700. The number of hydrogen-bond acceptors (Lipinski definition) is 3. The van der Waals surface area contributed by atoms with Gasteiger partial charge in [-0.05, 0) is 99.2 Å². The highest BCUT2D eigenvalue weighted by molar-refractivity contribution is 7.80. The summed E-state index contributed by atoms with van der Waals surface area (Å²) in [7, 11) is 0. The molecule has 6 heteroatoms. The summed E-state index contributed by atoms with van der Waals surface area (Å²) in [6.45, 7) is 0. The standard InChI is InChI=1S/C20H29N3OS2/c24-18(6-2-1-4-17-5-3-7-26-17)22-23-19(25)21-20-11-14-8-15(12-20)10-16(9-14)13-20/h3,5,7,14-16H,1-2,4,6,8-13H2,(H,22,24)(H2,21,23,25). The van der Waals surface area contributed by atoms with Gasteiger partial charge in [0, 0.05) is 16.8 Å². The van der Waals surface area contributed by atoms with Crippen molar-refractivity contribution >= 4 is 34.6 Å². The molecule has 26 heavy (non-hydrogen) atoms. The van der Waals surface area contributed by atoms with Crippen molar-refractivity contribution in [3.05, 3.63) is 22.4 Å². The van der Waals surface area contributed by atoms with Crippen LogP contribution in [-0.4, -0.2) is 16.6 Å². The molecule has 0 aliphatic heterocycles. The number of carbonyl (C=O) groups is 1. The molecule has 1 heterocycles. The molecule has 0 atom stereocenters. The van der Waals surface area contributed by atoms with E-state index in [1.165, 1.54) is 43.4 Å². The summed E-state index contributed by atoms with van der Waals surface area (Å²) in [4.78, 5) is 13.4. The third-order valence-corrected chi connectivity index (χ3v) is 7.53. The first-order valence-corrected chi connectivity index (χ1v) is 11.3. The maximum absolute atomic E-state index is 12.0. The Morgan fingerprint density at radius 3 is 2.42 bits per heavy atom. The Morgan fingerprint density at radius 1 is 1.12 bits per heavy atom. The zero-order chi connectivity index (χ0) is 18.0. The molecule has 1 aromatic rings. The summed E-state index contributed by atoms with van der Waals surface area (Å²) in [5, 5.41) is 6.26. The summed E-state index contributed by atoms with van der Waals surface area (Å²) >= 11 is 7.25. The van der Waals surface area contributed by atoms with Crippen molar-refractivity contribution in [2.24, 2.45) is 17.8 Å². The predicted molar refractivity (Wildman–Crippen MR) is 110 cm³/mol. The van der Waals surface area contributed by atoms with Gasteiger partial charge in [0.2, 0.25) is 5.91 Å². The first kappa shape index (κ1) is 18.2. The largest absolute Gasteiger partial charge is 0.356 e. The minimum absolute atomic E-state index is 0.0193. The normalized spacial score (nSPS) is 31.6. The molecule has 4 aliphatic rings. The summed E-state index contributed by atoms with van der Waals surface area (Å²) in [5.74, 6) is 2.67.